The lowest BCUT2D eigenvalue weighted by Crippen LogP contribution is -1.97. The van der Waals surface area contributed by atoms with Gasteiger partial charge >= 0.3 is 0 Å². The van der Waals surface area contributed by atoms with E-state index < -0.39 is 0 Å². The molecule has 0 aliphatic heterocycles. The van der Waals surface area contributed by atoms with Gasteiger partial charge in [0.2, 0.25) is 0 Å². The van der Waals surface area contributed by atoms with Crippen molar-refractivity contribution in [2.75, 3.05) is 13.2 Å². The second kappa shape index (κ2) is 27.1. The highest BCUT2D eigenvalue weighted by atomic mass is 16.5. The van der Waals surface area contributed by atoms with Crippen LogP contribution in [-0.4, -0.2) is 23.2 Å². The van der Waals surface area contributed by atoms with Crippen LogP contribution >= 0.6 is 0 Å². The van der Waals surface area contributed by atoms with Crippen LogP contribution in [0.1, 0.15) is 176 Å². The van der Waals surface area contributed by atoms with E-state index in [1.165, 1.54) is 116 Å². The summed E-state index contributed by atoms with van der Waals surface area (Å²) in [4.78, 5) is 9.54. The summed E-state index contributed by atoms with van der Waals surface area (Å²) in [5.74, 6) is 14.9. The van der Waals surface area contributed by atoms with Gasteiger partial charge in [-0.1, -0.05) is 153 Å². The average molecular weight is 753 g/mol. The third-order valence-electron chi connectivity index (χ3n) is 10.3. The third kappa shape index (κ3) is 17.5. The second-order valence-electron chi connectivity index (χ2n) is 15.4. The number of unbranched alkanes of at least 4 members (excludes halogenated alkanes) is 18. The van der Waals surface area contributed by atoms with Crippen LogP contribution in [0.3, 0.4) is 0 Å². The van der Waals surface area contributed by atoms with E-state index in [4.69, 9.17) is 19.4 Å². The smallest absolute Gasteiger partial charge is 0.119 e. The third-order valence-corrected chi connectivity index (χ3v) is 10.3. The van der Waals surface area contributed by atoms with Crippen molar-refractivity contribution < 1.29 is 9.47 Å². The average Bonchev–Trinajstić information content (AvgIpc) is 3.21. The summed E-state index contributed by atoms with van der Waals surface area (Å²) in [6.07, 6.45) is 30.2. The summed E-state index contributed by atoms with van der Waals surface area (Å²) in [5, 5.41) is 0. The maximum atomic E-state index is 5.98. The summed E-state index contributed by atoms with van der Waals surface area (Å²) in [7, 11) is 0. The molecule has 2 aromatic heterocycles. The van der Waals surface area contributed by atoms with Crippen LogP contribution in [0.25, 0.3) is 11.4 Å². The molecule has 0 unspecified atom stereocenters. The quantitative estimate of drug-likeness (QED) is 0.0499. The van der Waals surface area contributed by atoms with E-state index in [-0.39, 0.29) is 0 Å². The molecule has 2 aromatic carbocycles. The predicted octanol–water partition coefficient (Wildman–Crippen LogP) is 14.2. The normalized spacial score (nSPS) is 10.7. The first-order chi connectivity index (χ1) is 27.6. The number of hydrogen-bond acceptors (Lipinski definition) is 4. The standard InChI is InChI=1S/C52H68N2O2/c1-5-7-9-11-13-15-17-19-21-23-37-55-49-33-29-45(30-34-49)25-27-47-39-43(3)51(53-41-47)52-44(4)40-48(42-54-52)28-26-46-31-35-50(36-32-46)56-38-24-22-20-18-16-14-12-10-8-6-2/h29-36,39-42H,5-24,37-38H2,1-4H3. The lowest BCUT2D eigenvalue weighted by Gasteiger charge is -2.08. The zero-order valence-corrected chi connectivity index (χ0v) is 35.2. The molecule has 0 saturated carbocycles. The van der Waals surface area contributed by atoms with Crippen LogP contribution in [0.4, 0.5) is 0 Å². The molecule has 0 amide bonds. The molecule has 0 atom stereocenters. The van der Waals surface area contributed by atoms with Gasteiger partial charge in [0.05, 0.1) is 24.6 Å². The van der Waals surface area contributed by atoms with Crippen molar-refractivity contribution in [2.24, 2.45) is 0 Å². The molecule has 0 aliphatic carbocycles. The maximum absolute atomic E-state index is 5.98. The molecular weight excluding hydrogens is 685 g/mol. The van der Waals surface area contributed by atoms with E-state index in [0.717, 1.165) is 82.3 Å². The molecule has 56 heavy (non-hydrogen) atoms. The number of hydrogen-bond donors (Lipinski definition) is 0. The van der Waals surface area contributed by atoms with Gasteiger partial charge in [-0.05, 0) is 98.5 Å². The van der Waals surface area contributed by atoms with Gasteiger partial charge in [0.15, 0.2) is 0 Å². The first-order valence-electron chi connectivity index (χ1n) is 22.0. The molecule has 0 saturated heterocycles. The molecule has 298 valence electrons. The van der Waals surface area contributed by atoms with Crippen LogP contribution in [0.5, 0.6) is 11.5 Å². The minimum Gasteiger partial charge on any atom is -0.494 e. The van der Waals surface area contributed by atoms with Crippen molar-refractivity contribution in [3.8, 4) is 46.6 Å². The first kappa shape index (κ1) is 44.2. The Morgan fingerprint density at radius 1 is 0.393 bits per heavy atom. The van der Waals surface area contributed by atoms with Gasteiger partial charge in [-0.3, -0.25) is 9.97 Å². The van der Waals surface area contributed by atoms with E-state index in [1.54, 1.807) is 0 Å². The van der Waals surface area contributed by atoms with Gasteiger partial charge in [0, 0.05) is 34.6 Å². The van der Waals surface area contributed by atoms with Gasteiger partial charge in [-0.2, -0.15) is 0 Å². The zero-order chi connectivity index (χ0) is 39.5. The molecule has 0 N–H and O–H groups in total. The zero-order valence-electron chi connectivity index (χ0n) is 35.2. The molecule has 0 spiro atoms. The SMILES string of the molecule is CCCCCCCCCCCCOc1ccc(C#Cc2cnc(-c3ncc(C#Cc4ccc(OCCCCCCCCCCCC)cc4)cc3C)c(C)c2)cc1. The number of aromatic nitrogens is 2. The Morgan fingerprint density at radius 2 is 0.696 bits per heavy atom. The Morgan fingerprint density at radius 3 is 1.02 bits per heavy atom. The maximum Gasteiger partial charge on any atom is 0.119 e. The molecule has 4 heteroatoms. The Hall–Kier alpha value is -4.54. The molecule has 4 rings (SSSR count). The van der Waals surface area contributed by atoms with Gasteiger partial charge in [-0.25, -0.2) is 0 Å². The van der Waals surface area contributed by atoms with Gasteiger partial charge in [-0.15, -0.1) is 0 Å². The molecule has 4 nitrogen and oxygen atoms in total. The largest absolute Gasteiger partial charge is 0.494 e. The second-order valence-corrected chi connectivity index (χ2v) is 15.4. The Labute approximate surface area is 340 Å². The van der Waals surface area contributed by atoms with E-state index in [2.05, 4.69) is 63.5 Å². The Balaban J connectivity index is 1.17. The number of benzene rings is 2. The fourth-order valence-corrected chi connectivity index (χ4v) is 6.90. The van der Waals surface area contributed by atoms with Crippen LogP contribution in [0, 0.1) is 37.5 Å². The van der Waals surface area contributed by atoms with Gasteiger partial charge < -0.3 is 9.47 Å². The molecule has 4 aromatic rings. The van der Waals surface area contributed by atoms with Crippen molar-refractivity contribution in [3.63, 3.8) is 0 Å². The fraction of sp³-hybridized carbons (Fsp3) is 0.500. The molecular formula is C52H68N2O2. The molecule has 0 aliphatic rings. The van der Waals surface area contributed by atoms with Crippen molar-refractivity contribution in [3.05, 3.63) is 106 Å². The topological polar surface area (TPSA) is 44.2 Å². The molecule has 0 radical (unpaired) electrons. The number of ether oxygens (including phenoxy) is 2. The van der Waals surface area contributed by atoms with Crippen LogP contribution in [0.2, 0.25) is 0 Å². The number of rotatable bonds is 25. The summed E-state index contributed by atoms with van der Waals surface area (Å²) in [6.45, 7) is 10.2. The van der Waals surface area contributed by atoms with Crippen molar-refractivity contribution in [2.45, 2.75) is 156 Å². The summed E-state index contributed by atoms with van der Waals surface area (Å²) in [6, 6.07) is 20.3. The summed E-state index contributed by atoms with van der Waals surface area (Å²) >= 11 is 0. The van der Waals surface area contributed by atoms with Crippen LogP contribution in [0.15, 0.2) is 73.1 Å². The minimum atomic E-state index is 0.771. The van der Waals surface area contributed by atoms with Crippen molar-refractivity contribution >= 4 is 0 Å². The van der Waals surface area contributed by atoms with E-state index in [1.807, 2.05) is 60.9 Å². The van der Waals surface area contributed by atoms with Crippen LogP contribution < -0.4 is 9.47 Å². The summed E-state index contributed by atoms with van der Waals surface area (Å²) < 4.78 is 12.0. The lowest BCUT2D eigenvalue weighted by atomic mass is 10.0. The number of pyridine rings is 2. The molecule has 0 bridgehead atoms. The van der Waals surface area contributed by atoms with Crippen molar-refractivity contribution in [1.82, 2.24) is 9.97 Å². The minimum absolute atomic E-state index is 0.771. The summed E-state index contributed by atoms with van der Waals surface area (Å²) in [5.41, 5.74) is 7.47. The molecule has 2 heterocycles. The lowest BCUT2D eigenvalue weighted by molar-refractivity contribution is 0.304. The highest BCUT2D eigenvalue weighted by Gasteiger charge is 2.10. The fourth-order valence-electron chi connectivity index (χ4n) is 6.90. The number of nitrogens with zero attached hydrogens (tertiary/aromatic N) is 2. The molecule has 0 fully saturated rings. The van der Waals surface area contributed by atoms with Crippen molar-refractivity contribution in [1.29, 1.82) is 0 Å². The van der Waals surface area contributed by atoms with E-state index in [9.17, 15) is 0 Å². The Kier molecular flexibility index (Phi) is 21.4. The Bertz CT molecular complexity index is 1670. The predicted molar refractivity (Wildman–Crippen MR) is 236 cm³/mol. The number of aryl methyl sites for hydroxylation is 2. The van der Waals surface area contributed by atoms with E-state index in [0.29, 0.717) is 0 Å². The first-order valence-corrected chi connectivity index (χ1v) is 22.0. The van der Waals surface area contributed by atoms with Crippen LogP contribution in [-0.2, 0) is 0 Å². The highest BCUT2D eigenvalue weighted by Crippen LogP contribution is 2.24. The monoisotopic (exact) mass is 753 g/mol. The van der Waals surface area contributed by atoms with Gasteiger partial charge in [0.1, 0.15) is 11.5 Å². The van der Waals surface area contributed by atoms with E-state index >= 15 is 0 Å². The highest BCUT2D eigenvalue weighted by molar-refractivity contribution is 5.64. The van der Waals surface area contributed by atoms with Gasteiger partial charge in [0.25, 0.3) is 0 Å².